The molecule has 4 aromatic rings. The highest BCUT2D eigenvalue weighted by Crippen LogP contribution is 2.26. The molecule has 0 unspecified atom stereocenters. The van der Waals surface area contributed by atoms with Crippen molar-refractivity contribution in [3.8, 4) is 17.1 Å². The Balaban J connectivity index is 1.43. The molecule has 0 radical (unpaired) electrons. The molecule has 3 aromatic carbocycles. The van der Waals surface area contributed by atoms with Gasteiger partial charge in [0.15, 0.2) is 5.11 Å². The number of rotatable bonds is 7. The molecule has 0 saturated heterocycles. The molecule has 0 aliphatic carbocycles. The summed E-state index contributed by atoms with van der Waals surface area (Å²) < 4.78 is 5.68. The molecule has 0 saturated carbocycles. The lowest BCUT2D eigenvalue weighted by Crippen LogP contribution is -2.34. The fraction of sp³-hybridized carbons (Fsp3) is 0.192. The number of ether oxygens (including phenoxy) is 1. The van der Waals surface area contributed by atoms with Gasteiger partial charge in [-0.1, -0.05) is 43.1 Å². The topological polar surface area (TPSA) is 79.0 Å². The summed E-state index contributed by atoms with van der Waals surface area (Å²) in [4.78, 5) is 20.6. The molecule has 6 nitrogen and oxygen atoms in total. The smallest absolute Gasteiger partial charge is 0.257 e. The molecule has 0 aliphatic heterocycles. The van der Waals surface area contributed by atoms with Crippen LogP contribution in [0.5, 0.6) is 5.75 Å². The number of amides is 1. The fourth-order valence-corrected chi connectivity index (χ4v) is 3.79. The highest BCUT2D eigenvalue weighted by Gasteiger charge is 2.11. The van der Waals surface area contributed by atoms with Crippen LogP contribution in [0.1, 0.15) is 35.7 Å². The number of carbonyl (C=O) groups is 1. The molecule has 174 valence electrons. The molecule has 34 heavy (non-hydrogen) atoms. The zero-order valence-corrected chi connectivity index (χ0v) is 20.5. The summed E-state index contributed by atoms with van der Waals surface area (Å²) in [6.45, 7) is 4.68. The van der Waals surface area contributed by atoms with Crippen molar-refractivity contribution in [3.63, 3.8) is 0 Å². The molecular weight excluding hydrogens is 468 g/mol. The number of imidazole rings is 1. The van der Waals surface area contributed by atoms with E-state index in [0.717, 1.165) is 46.5 Å². The van der Waals surface area contributed by atoms with Gasteiger partial charge in [0.1, 0.15) is 11.6 Å². The molecular formula is C26H25ClN4O2S. The number of H-pyrrole nitrogens is 1. The number of nitrogens with one attached hydrogen (secondary N) is 3. The maximum Gasteiger partial charge on any atom is 0.257 e. The average molecular weight is 493 g/mol. The summed E-state index contributed by atoms with van der Waals surface area (Å²) in [6.07, 6.45) is 2.01. The van der Waals surface area contributed by atoms with Crippen molar-refractivity contribution in [1.29, 1.82) is 0 Å². The van der Waals surface area contributed by atoms with Gasteiger partial charge in [-0.2, -0.15) is 0 Å². The number of aromatic nitrogens is 2. The second-order valence-corrected chi connectivity index (χ2v) is 8.74. The fourth-order valence-electron chi connectivity index (χ4n) is 3.42. The Hall–Kier alpha value is -3.42. The summed E-state index contributed by atoms with van der Waals surface area (Å²) >= 11 is 11.6. The Morgan fingerprint density at radius 1 is 1.15 bits per heavy atom. The van der Waals surface area contributed by atoms with Crippen LogP contribution in [0, 0.1) is 6.92 Å². The van der Waals surface area contributed by atoms with Crippen LogP contribution in [0.4, 0.5) is 5.69 Å². The Kier molecular flexibility index (Phi) is 7.45. The molecule has 1 aromatic heterocycles. The molecule has 0 spiro atoms. The minimum atomic E-state index is -0.306. The number of aryl methyl sites for hydroxylation is 1. The molecule has 8 heteroatoms. The zero-order valence-electron chi connectivity index (χ0n) is 18.9. The number of aromatic amines is 1. The van der Waals surface area contributed by atoms with Crippen molar-refractivity contribution in [2.45, 2.75) is 26.7 Å². The molecule has 0 fully saturated rings. The van der Waals surface area contributed by atoms with E-state index in [4.69, 9.17) is 28.6 Å². The van der Waals surface area contributed by atoms with Crippen LogP contribution in [0.25, 0.3) is 22.4 Å². The van der Waals surface area contributed by atoms with Gasteiger partial charge >= 0.3 is 0 Å². The second-order valence-electron chi connectivity index (χ2n) is 7.92. The van der Waals surface area contributed by atoms with Crippen molar-refractivity contribution in [1.82, 2.24) is 15.3 Å². The number of hydrogen-bond donors (Lipinski definition) is 3. The standard InChI is InChI=1S/C26H25ClN4O2S/c1-3-4-11-33-20-10-6-8-18(14-20)25(32)31-26(34)28-19-9-5-7-17(13-19)24-29-22-12-16(2)21(27)15-23(22)30-24/h5-10,12-15H,3-4,11H2,1-2H3,(H,29,30)(H2,28,31,32,34). The summed E-state index contributed by atoms with van der Waals surface area (Å²) in [5.41, 5.74) is 4.78. The molecule has 0 atom stereocenters. The first kappa shape index (κ1) is 23.7. The van der Waals surface area contributed by atoms with Crippen LogP contribution in [0.2, 0.25) is 5.02 Å². The number of anilines is 1. The third-order valence-electron chi connectivity index (χ3n) is 5.25. The van der Waals surface area contributed by atoms with E-state index in [9.17, 15) is 4.79 Å². The Morgan fingerprint density at radius 2 is 1.97 bits per heavy atom. The van der Waals surface area contributed by atoms with Crippen LogP contribution in [0.15, 0.2) is 60.7 Å². The Labute approximate surface area is 208 Å². The van der Waals surface area contributed by atoms with Gasteiger partial charge in [-0.05, 0) is 73.6 Å². The number of thiocarbonyl (C=S) groups is 1. The van der Waals surface area contributed by atoms with Gasteiger partial charge < -0.3 is 15.0 Å². The maximum atomic E-state index is 12.7. The van der Waals surface area contributed by atoms with Gasteiger partial charge in [-0.15, -0.1) is 0 Å². The quantitative estimate of drug-likeness (QED) is 0.203. The van der Waals surface area contributed by atoms with E-state index in [1.54, 1.807) is 18.2 Å². The first-order valence-corrected chi connectivity index (χ1v) is 11.8. The number of halogens is 1. The van der Waals surface area contributed by atoms with E-state index >= 15 is 0 Å². The van der Waals surface area contributed by atoms with Crippen molar-refractivity contribution in [2.24, 2.45) is 0 Å². The average Bonchev–Trinajstić information content (AvgIpc) is 3.22. The van der Waals surface area contributed by atoms with Gasteiger partial charge in [-0.25, -0.2) is 4.98 Å². The summed E-state index contributed by atoms with van der Waals surface area (Å²) in [5.74, 6) is 1.07. The molecule has 1 amide bonds. The van der Waals surface area contributed by atoms with Crippen LogP contribution < -0.4 is 15.4 Å². The highest BCUT2D eigenvalue weighted by molar-refractivity contribution is 7.80. The zero-order chi connectivity index (χ0) is 24.1. The number of benzene rings is 3. The summed E-state index contributed by atoms with van der Waals surface area (Å²) in [6, 6.07) is 18.5. The summed E-state index contributed by atoms with van der Waals surface area (Å²) in [5, 5.41) is 6.67. The minimum Gasteiger partial charge on any atom is -0.494 e. The summed E-state index contributed by atoms with van der Waals surface area (Å²) in [7, 11) is 0. The predicted molar refractivity (Wildman–Crippen MR) is 142 cm³/mol. The third-order valence-corrected chi connectivity index (χ3v) is 5.86. The van der Waals surface area contributed by atoms with Gasteiger partial charge in [0.25, 0.3) is 5.91 Å². The van der Waals surface area contributed by atoms with E-state index < -0.39 is 0 Å². The molecule has 0 aliphatic rings. The van der Waals surface area contributed by atoms with Crippen LogP contribution >= 0.6 is 23.8 Å². The number of carbonyl (C=O) groups excluding carboxylic acids is 1. The van der Waals surface area contributed by atoms with Gasteiger partial charge in [-0.3, -0.25) is 10.1 Å². The lowest BCUT2D eigenvalue weighted by Gasteiger charge is -2.11. The van der Waals surface area contributed by atoms with Crippen LogP contribution in [0.3, 0.4) is 0 Å². The van der Waals surface area contributed by atoms with E-state index in [-0.39, 0.29) is 11.0 Å². The number of hydrogen-bond acceptors (Lipinski definition) is 4. The molecule has 4 rings (SSSR count). The van der Waals surface area contributed by atoms with Gasteiger partial charge in [0, 0.05) is 21.8 Å². The molecule has 0 bridgehead atoms. The lowest BCUT2D eigenvalue weighted by molar-refractivity contribution is 0.0977. The van der Waals surface area contributed by atoms with Crippen molar-refractivity contribution < 1.29 is 9.53 Å². The predicted octanol–water partition coefficient (Wildman–Crippen LogP) is 6.50. The Bertz CT molecular complexity index is 1310. The van der Waals surface area contributed by atoms with Gasteiger partial charge in [0.2, 0.25) is 0 Å². The molecule has 1 heterocycles. The molecule has 3 N–H and O–H groups in total. The van der Waals surface area contributed by atoms with E-state index in [0.29, 0.717) is 22.9 Å². The number of unbranched alkanes of at least 4 members (excludes halogenated alkanes) is 1. The highest BCUT2D eigenvalue weighted by atomic mass is 35.5. The largest absolute Gasteiger partial charge is 0.494 e. The first-order valence-electron chi connectivity index (χ1n) is 11.0. The van der Waals surface area contributed by atoms with Crippen molar-refractivity contribution in [3.05, 3.63) is 76.8 Å². The Morgan fingerprint density at radius 3 is 2.79 bits per heavy atom. The second kappa shape index (κ2) is 10.7. The number of fused-ring (bicyclic) bond motifs is 1. The third kappa shape index (κ3) is 5.73. The minimum absolute atomic E-state index is 0.200. The van der Waals surface area contributed by atoms with Crippen molar-refractivity contribution >= 4 is 51.6 Å². The van der Waals surface area contributed by atoms with Crippen LogP contribution in [-0.2, 0) is 0 Å². The van der Waals surface area contributed by atoms with Gasteiger partial charge in [0.05, 0.1) is 17.6 Å². The van der Waals surface area contributed by atoms with E-state index in [2.05, 4.69) is 27.5 Å². The van der Waals surface area contributed by atoms with Crippen LogP contribution in [-0.4, -0.2) is 27.6 Å². The van der Waals surface area contributed by atoms with E-state index in [1.165, 1.54) is 0 Å². The first-order chi connectivity index (χ1) is 16.4. The normalized spacial score (nSPS) is 10.8. The monoisotopic (exact) mass is 492 g/mol. The number of nitrogens with zero attached hydrogens (tertiary/aromatic N) is 1. The lowest BCUT2D eigenvalue weighted by atomic mass is 10.2. The SMILES string of the molecule is CCCCOc1cccc(C(=O)NC(=S)Nc2cccc(-c3nc4cc(Cl)c(C)cc4[nH]3)c2)c1. The van der Waals surface area contributed by atoms with E-state index in [1.807, 2.05) is 49.4 Å². The maximum absolute atomic E-state index is 12.7. The van der Waals surface area contributed by atoms with Crippen molar-refractivity contribution in [2.75, 3.05) is 11.9 Å².